The summed E-state index contributed by atoms with van der Waals surface area (Å²) in [6.07, 6.45) is 0.668. The molecule has 5 nitrogen and oxygen atoms in total. The fourth-order valence-corrected chi connectivity index (χ4v) is 2.26. The van der Waals surface area contributed by atoms with Gasteiger partial charge in [0, 0.05) is 25.0 Å². The maximum Gasteiger partial charge on any atom is 0.310 e. The molecule has 0 saturated carbocycles. The lowest BCUT2D eigenvalue weighted by Crippen LogP contribution is -2.53. The van der Waals surface area contributed by atoms with Crippen molar-refractivity contribution in [3.8, 4) is 0 Å². The Morgan fingerprint density at radius 3 is 2.56 bits per heavy atom. The molecule has 1 saturated heterocycles. The lowest BCUT2D eigenvalue weighted by Gasteiger charge is -2.36. The summed E-state index contributed by atoms with van der Waals surface area (Å²) in [7, 11) is 1.41. The highest BCUT2D eigenvalue weighted by Crippen LogP contribution is 2.18. The number of hydrogen-bond acceptors (Lipinski definition) is 4. The van der Waals surface area contributed by atoms with Crippen molar-refractivity contribution in [1.82, 2.24) is 10.2 Å². The molecular formula is C13H24N2O3. The van der Waals surface area contributed by atoms with Gasteiger partial charge in [-0.05, 0) is 13.0 Å². The zero-order valence-electron chi connectivity index (χ0n) is 11.7. The van der Waals surface area contributed by atoms with E-state index in [0.29, 0.717) is 6.42 Å². The van der Waals surface area contributed by atoms with Crippen molar-refractivity contribution < 1.29 is 14.3 Å². The quantitative estimate of drug-likeness (QED) is 0.750. The van der Waals surface area contributed by atoms with Crippen LogP contribution in [0, 0.1) is 11.8 Å². The molecule has 0 radical (unpaired) electrons. The summed E-state index contributed by atoms with van der Waals surface area (Å²) in [6, 6.07) is 0.0395. The van der Waals surface area contributed by atoms with Gasteiger partial charge in [0.05, 0.1) is 13.0 Å². The standard InChI is InChI=1S/C13H24N2O3/c1-5-15-7-10(13(17)18-4)6-11(8-15)14-12(16)9(2)3/h9-11H,5-8H2,1-4H3,(H,14,16). The Hall–Kier alpha value is -1.10. The van der Waals surface area contributed by atoms with Gasteiger partial charge in [0.25, 0.3) is 0 Å². The van der Waals surface area contributed by atoms with Crippen molar-refractivity contribution in [2.24, 2.45) is 11.8 Å². The van der Waals surface area contributed by atoms with Gasteiger partial charge in [-0.25, -0.2) is 0 Å². The lowest BCUT2D eigenvalue weighted by molar-refractivity contribution is -0.148. The van der Waals surface area contributed by atoms with Gasteiger partial charge in [0.2, 0.25) is 5.91 Å². The Morgan fingerprint density at radius 1 is 1.39 bits per heavy atom. The maximum absolute atomic E-state index is 11.7. The molecule has 0 bridgehead atoms. The number of amides is 1. The second-order valence-corrected chi connectivity index (χ2v) is 5.17. The first-order valence-corrected chi connectivity index (χ1v) is 6.58. The van der Waals surface area contributed by atoms with E-state index in [9.17, 15) is 9.59 Å². The first-order valence-electron chi connectivity index (χ1n) is 6.58. The molecular weight excluding hydrogens is 232 g/mol. The molecule has 1 fully saturated rings. The smallest absolute Gasteiger partial charge is 0.310 e. The number of methoxy groups -OCH3 is 1. The Kier molecular flexibility index (Phi) is 5.59. The summed E-state index contributed by atoms with van der Waals surface area (Å²) >= 11 is 0. The SMILES string of the molecule is CCN1CC(NC(=O)C(C)C)CC(C(=O)OC)C1. The van der Waals surface area contributed by atoms with Crippen LogP contribution in [0.25, 0.3) is 0 Å². The predicted octanol–water partition coefficient (Wildman–Crippen LogP) is 0.642. The highest BCUT2D eigenvalue weighted by atomic mass is 16.5. The molecule has 0 aromatic rings. The average Bonchev–Trinajstić information content (AvgIpc) is 2.37. The molecule has 0 aromatic carbocycles. The van der Waals surface area contributed by atoms with Gasteiger partial charge >= 0.3 is 5.97 Å². The van der Waals surface area contributed by atoms with Gasteiger partial charge in [-0.3, -0.25) is 9.59 Å². The molecule has 1 rings (SSSR count). The van der Waals surface area contributed by atoms with Gasteiger partial charge in [0.1, 0.15) is 0 Å². The molecule has 2 atom stereocenters. The molecule has 18 heavy (non-hydrogen) atoms. The van der Waals surface area contributed by atoms with Crippen LogP contribution in [0.1, 0.15) is 27.2 Å². The van der Waals surface area contributed by atoms with E-state index < -0.39 is 0 Å². The van der Waals surface area contributed by atoms with E-state index in [1.807, 2.05) is 13.8 Å². The largest absolute Gasteiger partial charge is 0.469 e. The van der Waals surface area contributed by atoms with Gasteiger partial charge in [-0.2, -0.15) is 0 Å². The number of piperidine rings is 1. The summed E-state index contributed by atoms with van der Waals surface area (Å²) in [5.74, 6) is -0.307. The van der Waals surface area contributed by atoms with Gasteiger partial charge in [-0.15, -0.1) is 0 Å². The van der Waals surface area contributed by atoms with Gasteiger partial charge < -0.3 is 15.0 Å². The third-order valence-corrected chi connectivity index (χ3v) is 3.38. The van der Waals surface area contributed by atoms with E-state index in [1.165, 1.54) is 7.11 Å². The number of rotatable bonds is 4. The zero-order valence-corrected chi connectivity index (χ0v) is 11.7. The molecule has 1 heterocycles. The minimum atomic E-state index is -0.183. The number of carbonyl (C=O) groups excluding carboxylic acids is 2. The number of likely N-dealkylation sites (N-methyl/N-ethyl adjacent to an activating group) is 1. The number of nitrogens with zero attached hydrogens (tertiary/aromatic N) is 1. The second kappa shape index (κ2) is 6.73. The third kappa shape index (κ3) is 3.98. The average molecular weight is 256 g/mol. The Balaban J connectivity index is 2.62. The van der Waals surface area contributed by atoms with E-state index in [1.54, 1.807) is 0 Å². The van der Waals surface area contributed by atoms with E-state index in [4.69, 9.17) is 4.74 Å². The molecule has 0 aromatic heterocycles. The van der Waals surface area contributed by atoms with Crippen LogP contribution in [-0.4, -0.2) is 49.6 Å². The number of carbonyl (C=O) groups is 2. The number of esters is 1. The number of likely N-dealkylation sites (tertiary alicyclic amines) is 1. The normalized spacial score (nSPS) is 24.9. The van der Waals surface area contributed by atoms with Crippen LogP contribution >= 0.6 is 0 Å². The molecule has 1 amide bonds. The molecule has 2 unspecified atom stereocenters. The molecule has 0 spiro atoms. The minimum absolute atomic E-state index is 0.0291. The lowest BCUT2D eigenvalue weighted by atomic mass is 9.94. The van der Waals surface area contributed by atoms with E-state index in [2.05, 4.69) is 17.1 Å². The second-order valence-electron chi connectivity index (χ2n) is 5.17. The van der Waals surface area contributed by atoms with Gasteiger partial charge in [-0.1, -0.05) is 20.8 Å². The zero-order chi connectivity index (χ0) is 13.7. The fraction of sp³-hybridized carbons (Fsp3) is 0.846. The molecule has 104 valence electrons. The summed E-state index contributed by atoms with van der Waals surface area (Å²) in [6.45, 7) is 8.20. The first-order chi connectivity index (χ1) is 8.47. The summed E-state index contributed by atoms with van der Waals surface area (Å²) in [5, 5.41) is 3.00. The summed E-state index contributed by atoms with van der Waals surface area (Å²) < 4.78 is 4.80. The molecule has 1 N–H and O–H groups in total. The van der Waals surface area contributed by atoms with Crippen LogP contribution in [0.3, 0.4) is 0 Å². The van der Waals surface area contributed by atoms with Crippen LogP contribution in [0.5, 0.6) is 0 Å². The highest BCUT2D eigenvalue weighted by Gasteiger charge is 2.32. The van der Waals surface area contributed by atoms with Crippen LogP contribution < -0.4 is 5.32 Å². The predicted molar refractivity (Wildman–Crippen MR) is 69.0 cm³/mol. The monoisotopic (exact) mass is 256 g/mol. The number of hydrogen-bond donors (Lipinski definition) is 1. The van der Waals surface area contributed by atoms with Crippen molar-refractivity contribution >= 4 is 11.9 Å². The Morgan fingerprint density at radius 2 is 2.06 bits per heavy atom. The highest BCUT2D eigenvalue weighted by molar-refractivity contribution is 5.78. The maximum atomic E-state index is 11.7. The van der Waals surface area contributed by atoms with Gasteiger partial charge in [0.15, 0.2) is 0 Å². The molecule has 1 aliphatic heterocycles. The third-order valence-electron chi connectivity index (χ3n) is 3.38. The van der Waals surface area contributed by atoms with Crippen LogP contribution in [0.4, 0.5) is 0 Å². The topological polar surface area (TPSA) is 58.6 Å². The van der Waals surface area contributed by atoms with Crippen LogP contribution in [0.15, 0.2) is 0 Å². The fourth-order valence-electron chi connectivity index (χ4n) is 2.26. The Bertz CT molecular complexity index is 305. The van der Waals surface area contributed by atoms with Crippen molar-refractivity contribution in [3.63, 3.8) is 0 Å². The first kappa shape index (κ1) is 15.0. The van der Waals surface area contributed by atoms with Crippen LogP contribution in [0.2, 0.25) is 0 Å². The van der Waals surface area contributed by atoms with Crippen molar-refractivity contribution in [2.75, 3.05) is 26.7 Å². The van der Waals surface area contributed by atoms with Crippen molar-refractivity contribution in [1.29, 1.82) is 0 Å². The van der Waals surface area contributed by atoms with E-state index in [0.717, 1.165) is 19.6 Å². The van der Waals surface area contributed by atoms with Crippen molar-refractivity contribution in [3.05, 3.63) is 0 Å². The number of ether oxygens (including phenoxy) is 1. The molecule has 0 aliphatic carbocycles. The molecule has 1 aliphatic rings. The van der Waals surface area contributed by atoms with Crippen molar-refractivity contribution in [2.45, 2.75) is 33.2 Å². The summed E-state index contributed by atoms with van der Waals surface area (Å²) in [5.41, 5.74) is 0. The molecule has 5 heteroatoms. The number of nitrogens with one attached hydrogen (secondary N) is 1. The summed E-state index contributed by atoms with van der Waals surface area (Å²) in [4.78, 5) is 25.5. The van der Waals surface area contributed by atoms with E-state index >= 15 is 0 Å². The Labute approximate surface area is 109 Å². The van der Waals surface area contributed by atoms with Crippen LogP contribution in [-0.2, 0) is 14.3 Å². The minimum Gasteiger partial charge on any atom is -0.469 e. The van der Waals surface area contributed by atoms with E-state index in [-0.39, 0.29) is 29.8 Å².